The lowest BCUT2D eigenvalue weighted by Crippen LogP contribution is -2.13. The van der Waals surface area contributed by atoms with Gasteiger partial charge in [-0.05, 0) is 46.2 Å². The average molecular weight is 273 g/mol. The Kier molecular flexibility index (Phi) is 3.01. The fourth-order valence-electron chi connectivity index (χ4n) is 3.36. The van der Waals surface area contributed by atoms with Crippen LogP contribution < -0.4 is 5.73 Å². The van der Waals surface area contributed by atoms with Gasteiger partial charge < -0.3 is 5.73 Å². The summed E-state index contributed by atoms with van der Waals surface area (Å²) in [5.41, 5.74) is 9.21. The molecule has 1 nitrogen and oxygen atoms in total. The largest absolute Gasteiger partial charge is 0.324 e. The Hall–Kier alpha value is -2.12. The Balaban J connectivity index is 1.58. The number of rotatable bonds is 3. The normalized spacial score (nSPS) is 22.1. The van der Waals surface area contributed by atoms with Gasteiger partial charge in [-0.25, -0.2) is 0 Å². The van der Waals surface area contributed by atoms with Crippen LogP contribution in [0.25, 0.3) is 10.8 Å². The molecule has 0 saturated heterocycles. The van der Waals surface area contributed by atoms with Gasteiger partial charge in [-0.2, -0.15) is 0 Å². The maximum atomic E-state index is 6.52. The molecule has 3 unspecified atom stereocenters. The molecule has 21 heavy (non-hydrogen) atoms. The van der Waals surface area contributed by atoms with Crippen LogP contribution in [0.15, 0.2) is 72.8 Å². The molecule has 0 spiro atoms. The minimum Gasteiger partial charge on any atom is -0.324 e. The van der Waals surface area contributed by atoms with Gasteiger partial charge in [0.05, 0.1) is 0 Å². The van der Waals surface area contributed by atoms with Gasteiger partial charge in [-0.15, -0.1) is 0 Å². The number of nitrogens with two attached hydrogens (primary N) is 1. The first-order chi connectivity index (χ1) is 10.3. The lowest BCUT2D eigenvalue weighted by molar-refractivity contribution is 0.616. The van der Waals surface area contributed by atoms with Gasteiger partial charge in [0, 0.05) is 6.04 Å². The number of hydrogen-bond donors (Lipinski definition) is 1. The van der Waals surface area contributed by atoms with Gasteiger partial charge in [0.15, 0.2) is 0 Å². The van der Waals surface area contributed by atoms with Crippen LogP contribution in [-0.4, -0.2) is 0 Å². The van der Waals surface area contributed by atoms with Gasteiger partial charge in [0.25, 0.3) is 0 Å². The summed E-state index contributed by atoms with van der Waals surface area (Å²) in [6.45, 7) is 0. The molecular weight excluding hydrogens is 254 g/mol. The Bertz CT molecular complexity index is 763. The van der Waals surface area contributed by atoms with Gasteiger partial charge in [0.1, 0.15) is 0 Å². The zero-order valence-corrected chi connectivity index (χ0v) is 11.9. The number of fused-ring (bicyclic) bond motifs is 1. The third kappa shape index (κ3) is 2.34. The fourth-order valence-corrected chi connectivity index (χ4v) is 3.36. The van der Waals surface area contributed by atoms with E-state index in [-0.39, 0.29) is 6.04 Å². The molecule has 3 aromatic carbocycles. The molecule has 1 saturated carbocycles. The molecule has 0 radical (unpaired) electrons. The van der Waals surface area contributed by atoms with Crippen molar-refractivity contribution < 1.29 is 0 Å². The van der Waals surface area contributed by atoms with Crippen LogP contribution in [0.3, 0.4) is 0 Å². The van der Waals surface area contributed by atoms with Crippen LogP contribution in [0.2, 0.25) is 0 Å². The van der Waals surface area contributed by atoms with Crippen molar-refractivity contribution >= 4 is 10.8 Å². The standard InChI is InChI=1S/C20H19N/c21-20(19-13-18(19)15-7-2-1-3-8-15)17-11-10-14-6-4-5-9-16(14)12-17/h1-12,18-20H,13,21H2. The lowest BCUT2D eigenvalue weighted by atomic mass is 9.97. The van der Waals surface area contributed by atoms with E-state index in [0.29, 0.717) is 11.8 Å². The van der Waals surface area contributed by atoms with Crippen LogP contribution in [-0.2, 0) is 0 Å². The highest BCUT2D eigenvalue weighted by Crippen LogP contribution is 2.53. The molecule has 104 valence electrons. The van der Waals surface area contributed by atoms with Gasteiger partial charge in [-0.1, -0.05) is 66.7 Å². The van der Waals surface area contributed by atoms with E-state index in [1.807, 2.05) is 0 Å². The molecule has 0 aliphatic heterocycles. The van der Waals surface area contributed by atoms with Crippen LogP contribution in [0.1, 0.15) is 29.5 Å². The highest BCUT2D eigenvalue weighted by molar-refractivity contribution is 5.83. The van der Waals surface area contributed by atoms with Crippen molar-refractivity contribution in [3.63, 3.8) is 0 Å². The van der Waals surface area contributed by atoms with Crippen molar-refractivity contribution in [2.24, 2.45) is 11.7 Å². The average Bonchev–Trinajstić information content (AvgIpc) is 3.35. The molecule has 0 amide bonds. The van der Waals surface area contributed by atoms with Crippen molar-refractivity contribution in [3.8, 4) is 0 Å². The molecule has 0 aromatic heterocycles. The summed E-state index contributed by atoms with van der Waals surface area (Å²) in [4.78, 5) is 0. The molecule has 1 fully saturated rings. The molecule has 0 heterocycles. The smallest absolute Gasteiger partial charge is 0.0329 e. The Labute approximate surface area is 125 Å². The van der Waals surface area contributed by atoms with E-state index in [1.165, 1.54) is 28.3 Å². The highest BCUT2D eigenvalue weighted by atomic mass is 14.7. The van der Waals surface area contributed by atoms with Crippen LogP contribution in [0.5, 0.6) is 0 Å². The van der Waals surface area contributed by atoms with E-state index < -0.39 is 0 Å². The zero-order chi connectivity index (χ0) is 14.2. The van der Waals surface area contributed by atoms with Gasteiger partial charge >= 0.3 is 0 Å². The van der Waals surface area contributed by atoms with E-state index in [2.05, 4.69) is 72.8 Å². The maximum absolute atomic E-state index is 6.52. The molecule has 2 N–H and O–H groups in total. The van der Waals surface area contributed by atoms with Crippen molar-refractivity contribution in [2.45, 2.75) is 18.4 Å². The molecular formula is C20H19N. The van der Waals surface area contributed by atoms with Gasteiger partial charge in [0.2, 0.25) is 0 Å². The second-order valence-electron chi connectivity index (χ2n) is 6.05. The minimum absolute atomic E-state index is 0.139. The molecule has 1 heteroatoms. The van der Waals surface area contributed by atoms with E-state index in [9.17, 15) is 0 Å². The van der Waals surface area contributed by atoms with Crippen LogP contribution in [0, 0.1) is 5.92 Å². The van der Waals surface area contributed by atoms with E-state index >= 15 is 0 Å². The second kappa shape index (κ2) is 5.01. The summed E-state index contributed by atoms with van der Waals surface area (Å²) in [7, 11) is 0. The van der Waals surface area contributed by atoms with Gasteiger partial charge in [-0.3, -0.25) is 0 Å². The SMILES string of the molecule is NC(c1ccc2ccccc2c1)C1CC1c1ccccc1. The van der Waals surface area contributed by atoms with Crippen molar-refractivity contribution in [1.82, 2.24) is 0 Å². The Morgan fingerprint density at radius 2 is 1.52 bits per heavy atom. The molecule has 1 aliphatic carbocycles. The highest BCUT2D eigenvalue weighted by Gasteiger charge is 2.42. The van der Waals surface area contributed by atoms with Crippen LogP contribution in [0.4, 0.5) is 0 Å². The maximum Gasteiger partial charge on any atom is 0.0329 e. The lowest BCUT2D eigenvalue weighted by Gasteiger charge is -2.13. The number of hydrogen-bond acceptors (Lipinski definition) is 1. The molecule has 1 aliphatic rings. The summed E-state index contributed by atoms with van der Waals surface area (Å²) in [6.07, 6.45) is 1.21. The zero-order valence-electron chi connectivity index (χ0n) is 11.9. The minimum atomic E-state index is 0.139. The topological polar surface area (TPSA) is 26.0 Å². The first kappa shape index (κ1) is 12.6. The second-order valence-corrected chi connectivity index (χ2v) is 6.05. The third-order valence-electron chi connectivity index (χ3n) is 4.69. The first-order valence-corrected chi connectivity index (χ1v) is 7.62. The summed E-state index contributed by atoms with van der Waals surface area (Å²) in [6, 6.07) is 26.0. The Morgan fingerprint density at radius 1 is 0.810 bits per heavy atom. The predicted octanol–water partition coefficient (Wildman–Crippen LogP) is 4.64. The summed E-state index contributed by atoms with van der Waals surface area (Å²) < 4.78 is 0. The first-order valence-electron chi connectivity index (χ1n) is 7.62. The number of benzene rings is 3. The third-order valence-corrected chi connectivity index (χ3v) is 4.69. The molecule has 3 atom stereocenters. The summed E-state index contributed by atoms with van der Waals surface area (Å²) >= 11 is 0. The summed E-state index contributed by atoms with van der Waals surface area (Å²) in [5, 5.41) is 2.56. The van der Waals surface area contributed by atoms with E-state index in [0.717, 1.165) is 0 Å². The molecule has 4 rings (SSSR count). The van der Waals surface area contributed by atoms with E-state index in [1.54, 1.807) is 0 Å². The van der Waals surface area contributed by atoms with Crippen molar-refractivity contribution in [2.75, 3.05) is 0 Å². The predicted molar refractivity (Wildman–Crippen MR) is 88.2 cm³/mol. The van der Waals surface area contributed by atoms with E-state index in [4.69, 9.17) is 5.73 Å². The molecule has 0 bridgehead atoms. The summed E-state index contributed by atoms with van der Waals surface area (Å²) in [5.74, 6) is 1.21. The molecule has 3 aromatic rings. The quantitative estimate of drug-likeness (QED) is 0.739. The monoisotopic (exact) mass is 273 g/mol. The Morgan fingerprint density at radius 3 is 2.33 bits per heavy atom. The van der Waals surface area contributed by atoms with Crippen molar-refractivity contribution in [3.05, 3.63) is 83.9 Å². The fraction of sp³-hybridized carbons (Fsp3) is 0.200. The van der Waals surface area contributed by atoms with Crippen LogP contribution >= 0.6 is 0 Å². The van der Waals surface area contributed by atoms with Crippen molar-refractivity contribution in [1.29, 1.82) is 0 Å².